The summed E-state index contributed by atoms with van der Waals surface area (Å²) < 4.78 is 58.6. The van der Waals surface area contributed by atoms with Crippen molar-refractivity contribution in [3.8, 4) is 0 Å². The molecule has 0 aromatic heterocycles. The van der Waals surface area contributed by atoms with Crippen molar-refractivity contribution in [3.05, 3.63) is 0 Å². The van der Waals surface area contributed by atoms with Crippen molar-refractivity contribution in [2.75, 3.05) is 26.3 Å². The van der Waals surface area contributed by atoms with E-state index < -0.39 is 23.5 Å². The first-order valence-electron chi connectivity index (χ1n) is 9.18. The predicted molar refractivity (Wildman–Crippen MR) is 87.5 cm³/mol. The molecule has 0 bridgehead atoms. The van der Waals surface area contributed by atoms with Crippen LogP contribution in [-0.2, 0) is 4.74 Å². The van der Waals surface area contributed by atoms with Gasteiger partial charge in [-0.2, -0.15) is 0 Å². The van der Waals surface area contributed by atoms with Gasteiger partial charge in [0.15, 0.2) is 0 Å². The van der Waals surface area contributed by atoms with E-state index in [-0.39, 0.29) is 64.2 Å². The minimum absolute atomic E-state index is 0.0190. The van der Waals surface area contributed by atoms with E-state index in [1.807, 2.05) is 0 Å². The second-order valence-electron chi connectivity index (χ2n) is 7.47. The molecule has 5 nitrogen and oxygen atoms in total. The van der Waals surface area contributed by atoms with Gasteiger partial charge in [0.2, 0.25) is 11.8 Å². The first-order chi connectivity index (χ1) is 12.2. The molecule has 0 aliphatic heterocycles. The van der Waals surface area contributed by atoms with Crippen molar-refractivity contribution in [3.63, 3.8) is 0 Å². The highest BCUT2D eigenvalue weighted by Gasteiger charge is 2.44. The quantitative estimate of drug-likeness (QED) is 0.591. The monoisotopic (exact) mass is 384 g/mol. The lowest BCUT2D eigenvalue weighted by Crippen LogP contribution is -2.52. The molecule has 0 unspecified atom stereocenters. The lowest BCUT2D eigenvalue weighted by atomic mass is 9.82. The summed E-state index contributed by atoms with van der Waals surface area (Å²) in [5.74, 6) is -5.30. The summed E-state index contributed by atoms with van der Waals surface area (Å²) in [6.45, 7) is 0.171. The second-order valence-corrected chi connectivity index (χ2v) is 7.47. The number of carbonyl (C=O) groups is 1. The Bertz CT molecular complexity index is 457. The van der Waals surface area contributed by atoms with Crippen LogP contribution in [-0.4, -0.2) is 54.9 Å². The molecule has 0 aromatic carbocycles. The first-order valence-corrected chi connectivity index (χ1v) is 9.18. The molecule has 0 radical (unpaired) electrons. The Morgan fingerprint density at radius 1 is 0.962 bits per heavy atom. The average Bonchev–Trinajstić information content (AvgIpc) is 2.59. The Morgan fingerprint density at radius 3 is 2.12 bits per heavy atom. The fraction of sp³-hybridized carbons (Fsp3) is 0.941. The molecule has 2 fully saturated rings. The second kappa shape index (κ2) is 8.73. The molecule has 0 saturated heterocycles. The van der Waals surface area contributed by atoms with Gasteiger partial charge in [0, 0.05) is 38.8 Å². The number of carbonyl (C=O) groups excluding carboxylic acids is 1. The Hall–Kier alpha value is -1.09. The predicted octanol–water partition coefficient (Wildman–Crippen LogP) is 3.07. The Morgan fingerprint density at radius 2 is 1.54 bits per heavy atom. The molecule has 2 amide bonds. The Kier molecular flexibility index (Phi) is 7.12. The number of urea groups is 1. The number of halogens is 4. The summed E-state index contributed by atoms with van der Waals surface area (Å²) in [5, 5.41) is 14.2. The van der Waals surface area contributed by atoms with E-state index in [4.69, 9.17) is 9.84 Å². The zero-order valence-corrected chi connectivity index (χ0v) is 14.8. The van der Waals surface area contributed by atoms with Crippen molar-refractivity contribution in [2.45, 2.75) is 68.8 Å². The molecule has 0 aromatic rings. The summed E-state index contributed by atoms with van der Waals surface area (Å²) in [7, 11) is 0. The van der Waals surface area contributed by atoms with E-state index in [1.54, 1.807) is 0 Å². The topological polar surface area (TPSA) is 70.6 Å². The van der Waals surface area contributed by atoms with Crippen molar-refractivity contribution < 1.29 is 32.2 Å². The molecule has 26 heavy (non-hydrogen) atoms. The molecule has 2 saturated carbocycles. The van der Waals surface area contributed by atoms with Gasteiger partial charge in [-0.15, -0.1) is 0 Å². The van der Waals surface area contributed by atoms with Crippen LogP contribution >= 0.6 is 0 Å². The van der Waals surface area contributed by atoms with Gasteiger partial charge >= 0.3 is 6.03 Å². The summed E-state index contributed by atoms with van der Waals surface area (Å²) in [6, 6.07) is -0.466. The smallest absolute Gasteiger partial charge is 0.314 e. The molecule has 152 valence electrons. The number of rotatable bonds is 7. The van der Waals surface area contributed by atoms with Gasteiger partial charge in [-0.25, -0.2) is 22.4 Å². The summed E-state index contributed by atoms with van der Waals surface area (Å²) in [5.41, 5.74) is -0.908. The fourth-order valence-corrected chi connectivity index (χ4v) is 3.55. The molecular formula is C17H28F4N2O3. The van der Waals surface area contributed by atoms with Crippen LogP contribution in [0.2, 0.25) is 0 Å². The third kappa shape index (κ3) is 6.57. The van der Waals surface area contributed by atoms with Crippen molar-refractivity contribution in [1.29, 1.82) is 0 Å². The standard InChI is InChI=1S/C17H28F4N2O3/c18-16(19)3-1-13(2-4-16)11-22-14(25)23-12-15(26-10-9-24)5-7-17(20,21)8-6-15/h13,24H,1-12H2,(H2,22,23,25). The largest absolute Gasteiger partial charge is 0.394 e. The third-order valence-electron chi connectivity index (χ3n) is 5.35. The molecular weight excluding hydrogens is 356 g/mol. The summed E-state index contributed by atoms with van der Waals surface area (Å²) >= 11 is 0. The molecule has 3 N–H and O–H groups in total. The van der Waals surface area contributed by atoms with E-state index in [0.29, 0.717) is 19.4 Å². The van der Waals surface area contributed by atoms with E-state index >= 15 is 0 Å². The van der Waals surface area contributed by atoms with Crippen molar-refractivity contribution in [1.82, 2.24) is 10.6 Å². The van der Waals surface area contributed by atoms with Crippen molar-refractivity contribution in [2.24, 2.45) is 5.92 Å². The third-order valence-corrected chi connectivity index (χ3v) is 5.35. The van der Waals surface area contributed by atoms with Crippen LogP contribution in [0.25, 0.3) is 0 Å². The van der Waals surface area contributed by atoms with Gasteiger partial charge in [0.1, 0.15) is 0 Å². The minimum Gasteiger partial charge on any atom is -0.394 e. The van der Waals surface area contributed by atoms with Gasteiger partial charge in [-0.1, -0.05) is 0 Å². The lowest BCUT2D eigenvalue weighted by Gasteiger charge is -2.40. The molecule has 2 aliphatic rings. The number of hydrogen-bond donors (Lipinski definition) is 3. The van der Waals surface area contributed by atoms with Gasteiger partial charge in [0.25, 0.3) is 0 Å². The average molecular weight is 384 g/mol. The van der Waals surface area contributed by atoms with E-state index in [2.05, 4.69) is 10.6 Å². The number of aliphatic hydroxyl groups excluding tert-OH is 1. The van der Waals surface area contributed by atoms with Gasteiger partial charge in [-0.05, 0) is 31.6 Å². The zero-order valence-electron chi connectivity index (χ0n) is 14.8. The maximum Gasteiger partial charge on any atom is 0.314 e. The number of amides is 2. The highest BCUT2D eigenvalue weighted by atomic mass is 19.3. The van der Waals surface area contributed by atoms with Gasteiger partial charge in [0.05, 0.1) is 18.8 Å². The van der Waals surface area contributed by atoms with Crippen LogP contribution in [0, 0.1) is 5.92 Å². The Balaban J connectivity index is 1.74. The number of nitrogens with one attached hydrogen (secondary N) is 2. The van der Waals surface area contributed by atoms with Crippen LogP contribution in [0.15, 0.2) is 0 Å². The van der Waals surface area contributed by atoms with Crippen LogP contribution in [0.5, 0.6) is 0 Å². The van der Waals surface area contributed by atoms with E-state index in [1.165, 1.54) is 0 Å². The molecule has 0 atom stereocenters. The highest BCUT2D eigenvalue weighted by Crippen LogP contribution is 2.40. The number of aliphatic hydroxyl groups is 1. The maximum absolute atomic E-state index is 13.4. The van der Waals surface area contributed by atoms with Crippen molar-refractivity contribution >= 4 is 6.03 Å². The molecule has 2 aliphatic carbocycles. The highest BCUT2D eigenvalue weighted by molar-refractivity contribution is 5.73. The van der Waals surface area contributed by atoms with Crippen LogP contribution in [0.4, 0.5) is 22.4 Å². The maximum atomic E-state index is 13.4. The molecule has 9 heteroatoms. The zero-order chi connectivity index (χ0) is 19.3. The number of ether oxygens (including phenoxy) is 1. The molecule has 0 heterocycles. The van der Waals surface area contributed by atoms with Crippen LogP contribution < -0.4 is 10.6 Å². The lowest BCUT2D eigenvalue weighted by molar-refractivity contribution is -0.134. The van der Waals surface area contributed by atoms with Gasteiger partial charge in [-0.3, -0.25) is 0 Å². The van der Waals surface area contributed by atoms with Gasteiger partial charge < -0.3 is 20.5 Å². The molecule has 2 rings (SSSR count). The number of hydrogen-bond acceptors (Lipinski definition) is 3. The van der Waals surface area contributed by atoms with E-state index in [0.717, 1.165) is 0 Å². The fourth-order valence-electron chi connectivity index (χ4n) is 3.55. The normalized spacial score (nSPS) is 24.8. The van der Waals surface area contributed by atoms with Crippen LogP contribution in [0.3, 0.4) is 0 Å². The first kappa shape index (κ1) is 21.2. The van der Waals surface area contributed by atoms with E-state index in [9.17, 15) is 22.4 Å². The SMILES string of the molecule is O=C(NCC1CCC(F)(F)CC1)NCC1(OCCO)CCC(F)(F)CC1. The summed E-state index contributed by atoms with van der Waals surface area (Å²) in [6.07, 6.45) is -0.0373. The Labute approximate surface area is 150 Å². The molecule has 0 spiro atoms. The van der Waals surface area contributed by atoms with Crippen LogP contribution in [0.1, 0.15) is 51.4 Å². The minimum atomic E-state index is -2.72. The number of alkyl halides is 4. The summed E-state index contributed by atoms with van der Waals surface area (Å²) in [4.78, 5) is 12.0.